The van der Waals surface area contributed by atoms with E-state index in [4.69, 9.17) is 0 Å². The third-order valence-electron chi connectivity index (χ3n) is 5.16. The average Bonchev–Trinajstić information content (AvgIpc) is 3.22. The van der Waals surface area contributed by atoms with E-state index >= 15 is 0 Å². The van der Waals surface area contributed by atoms with Crippen LogP contribution >= 0.6 is 0 Å². The van der Waals surface area contributed by atoms with Gasteiger partial charge in [0.25, 0.3) is 5.91 Å². The van der Waals surface area contributed by atoms with E-state index in [-0.39, 0.29) is 5.91 Å². The molecule has 1 N–H and O–H groups in total. The first-order valence-electron chi connectivity index (χ1n) is 9.32. The number of piperazine rings is 1. The molecule has 1 amide bonds. The molecule has 136 valence electrons. The summed E-state index contributed by atoms with van der Waals surface area (Å²) in [5.74, 6) is 0.762. The van der Waals surface area contributed by atoms with Gasteiger partial charge in [-0.15, -0.1) is 0 Å². The molecular formula is C19H24N6O. The summed E-state index contributed by atoms with van der Waals surface area (Å²) >= 11 is 0. The highest BCUT2D eigenvalue weighted by Gasteiger charge is 2.21. The highest BCUT2D eigenvalue weighted by molar-refractivity contribution is 5.95. The summed E-state index contributed by atoms with van der Waals surface area (Å²) < 4.78 is 0. The molecule has 0 radical (unpaired) electrons. The summed E-state index contributed by atoms with van der Waals surface area (Å²) in [5.41, 5.74) is 1.64. The van der Waals surface area contributed by atoms with Crippen molar-refractivity contribution < 1.29 is 4.79 Å². The van der Waals surface area contributed by atoms with E-state index in [2.05, 4.69) is 30.1 Å². The molecule has 1 saturated heterocycles. The first-order chi connectivity index (χ1) is 12.8. The number of hydrogen-bond acceptors (Lipinski definition) is 6. The normalized spacial score (nSPS) is 18.2. The minimum atomic E-state index is -0.0115. The van der Waals surface area contributed by atoms with Crippen molar-refractivity contribution in [3.63, 3.8) is 0 Å². The van der Waals surface area contributed by atoms with Gasteiger partial charge in [0.2, 0.25) is 5.95 Å². The molecule has 0 aromatic carbocycles. The van der Waals surface area contributed by atoms with Crippen LogP contribution in [0.3, 0.4) is 0 Å². The summed E-state index contributed by atoms with van der Waals surface area (Å²) in [4.78, 5) is 29.8. The largest absolute Gasteiger partial charge is 0.367 e. The van der Waals surface area contributed by atoms with Crippen molar-refractivity contribution in [3.05, 3.63) is 42.5 Å². The van der Waals surface area contributed by atoms with Gasteiger partial charge in [0.05, 0.1) is 17.4 Å². The summed E-state index contributed by atoms with van der Waals surface area (Å²) in [6, 6.07) is 4.10. The quantitative estimate of drug-likeness (QED) is 0.905. The van der Waals surface area contributed by atoms with E-state index in [1.807, 2.05) is 18.3 Å². The molecule has 7 heteroatoms. The maximum Gasteiger partial charge on any atom is 0.253 e. The van der Waals surface area contributed by atoms with Crippen LogP contribution in [0.1, 0.15) is 36.0 Å². The Labute approximate surface area is 153 Å². The second-order valence-electron chi connectivity index (χ2n) is 6.91. The molecule has 26 heavy (non-hydrogen) atoms. The van der Waals surface area contributed by atoms with E-state index in [0.29, 0.717) is 11.6 Å². The second kappa shape index (κ2) is 7.68. The van der Waals surface area contributed by atoms with Gasteiger partial charge in [0.15, 0.2) is 0 Å². The van der Waals surface area contributed by atoms with Gasteiger partial charge in [0.1, 0.15) is 0 Å². The maximum absolute atomic E-state index is 12.5. The minimum Gasteiger partial charge on any atom is -0.367 e. The fourth-order valence-electron chi connectivity index (χ4n) is 3.68. The number of anilines is 2. The lowest BCUT2D eigenvalue weighted by atomic mass is 10.2. The van der Waals surface area contributed by atoms with Crippen LogP contribution in [-0.4, -0.2) is 53.1 Å². The van der Waals surface area contributed by atoms with Gasteiger partial charge < -0.3 is 15.1 Å². The van der Waals surface area contributed by atoms with E-state index in [1.165, 1.54) is 12.8 Å². The summed E-state index contributed by atoms with van der Waals surface area (Å²) in [7, 11) is 0. The molecule has 3 heterocycles. The van der Waals surface area contributed by atoms with Gasteiger partial charge in [0, 0.05) is 50.8 Å². The first kappa shape index (κ1) is 16.8. The molecule has 2 fully saturated rings. The van der Waals surface area contributed by atoms with Gasteiger partial charge in [-0.05, 0) is 25.0 Å². The number of hydrogen-bond donors (Lipinski definition) is 1. The Balaban J connectivity index is 1.38. The van der Waals surface area contributed by atoms with E-state index in [0.717, 1.165) is 50.7 Å². The Kier molecular flexibility index (Phi) is 4.95. The summed E-state index contributed by atoms with van der Waals surface area (Å²) in [5, 5.41) is 3.13. The van der Waals surface area contributed by atoms with Crippen LogP contribution in [0.25, 0.3) is 0 Å². The maximum atomic E-state index is 12.5. The van der Waals surface area contributed by atoms with Crippen molar-refractivity contribution >= 4 is 17.5 Å². The molecule has 1 aliphatic carbocycles. The molecule has 0 atom stereocenters. The van der Waals surface area contributed by atoms with Crippen LogP contribution in [0, 0.1) is 0 Å². The standard InChI is InChI=1S/C19H24N6O/c26-18(23-16-4-1-2-5-16)15-12-17(14-20-13-15)24-8-10-25(11-9-24)19-21-6-3-7-22-19/h3,6-7,12-14,16H,1-2,4-5,8-11H2,(H,23,26). The highest BCUT2D eigenvalue weighted by atomic mass is 16.1. The van der Waals surface area contributed by atoms with Gasteiger partial charge >= 0.3 is 0 Å². The van der Waals surface area contributed by atoms with Crippen LogP contribution in [0.2, 0.25) is 0 Å². The van der Waals surface area contributed by atoms with Gasteiger partial charge in [-0.1, -0.05) is 12.8 Å². The monoisotopic (exact) mass is 352 g/mol. The molecule has 2 aliphatic rings. The van der Waals surface area contributed by atoms with Crippen molar-refractivity contribution in [1.29, 1.82) is 0 Å². The van der Waals surface area contributed by atoms with Crippen LogP contribution < -0.4 is 15.1 Å². The predicted octanol–water partition coefficient (Wildman–Crippen LogP) is 1.87. The third kappa shape index (κ3) is 3.76. The number of carbonyl (C=O) groups is 1. The fraction of sp³-hybridized carbons (Fsp3) is 0.474. The Morgan fingerprint density at radius 1 is 1.00 bits per heavy atom. The number of aromatic nitrogens is 3. The molecule has 4 rings (SSSR count). The molecule has 1 aliphatic heterocycles. The Morgan fingerprint density at radius 3 is 2.42 bits per heavy atom. The topological polar surface area (TPSA) is 74.2 Å². The number of nitrogens with zero attached hydrogens (tertiary/aromatic N) is 5. The zero-order valence-electron chi connectivity index (χ0n) is 14.8. The van der Waals surface area contributed by atoms with Crippen molar-refractivity contribution in [2.24, 2.45) is 0 Å². The SMILES string of the molecule is O=C(NC1CCCC1)c1cncc(N2CCN(c3ncccn3)CC2)c1. The average molecular weight is 352 g/mol. The molecule has 0 bridgehead atoms. The smallest absolute Gasteiger partial charge is 0.253 e. The number of amides is 1. The number of nitrogens with one attached hydrogen (secondary N) is 1. The van der Waals surface area contributed by atoms with E-state index in [1.54, 1.807) is 18.6 Å². The van der Waals surface area contributed by atoms with Crippen molar-refractivity contribution in [3.8, 4) is 0 Å². The highest BCUT2D eigenvalue weighted by Crippen LogP contribution is 2.20. The number of rotatable bonds is 4. The zero-order chi connectivity index (χ0) is 17.8. The van der Waals surface area contributed by atoms with Gasteiger partial charge in [-0.3, -0.25) is 9.78 Å². The second-order valence-corrected chi connectivity index (χ2v) is 6.91. The molecule has 0 unspecified atom stereocenters. The number of pyridine rings is 1. The predicted molar refractivity (Wildman–Crippen MR) is 100 cm³/mol. The Bertz CT molecular complexity index is 739. The fourth-order valence-corrected chi connectivity index (χ4v) is 3.68. The number of carbonyl (C=O) groups excluding carboxylic acids is 1. The Hall–Kier alpha value is -2.70. The minimum absolute atomic E-state index is 0.0115. The first-order valence-corrected chi connectivity index (χ1v) is 9.32. The zero-order valence-corrected chi connectivity index (χ0v) is 14.8. The van der Waals surface area contributed by atoms with E-state index < -0.39 is 0 Å². The molecule has 2 aromatic rings. The van der Waals surface area contributed by atoms with Gasteiger partial charge in [-0.25, -0.2) is 9.97 Å². The summed E-state index contributed by atoms with van der Waals surface area (Å²) in [6.07, 6.45) is 11.6. The molecule has 1 saturated carbocycles. The molecule has 7 nitrogen and oxygen atoms in total. The van der Waals surface area contributed by atoms with Crippen LogP contribution in [0.5, 0.6) is 0 Å². The van der Waals surface area contributed by atoms with Crippen LogP contribution in [-0.2, 0) is 0 Å². The van der Waals surface area contributed by atoms with Crippen molar-refractivity contribution in [1.82, 2.24) is 20.3 Å². The molecule has 0 spiro atoms. The van der Waals surface area contributed by atoms with Crippen molar-refractivity contribution in [2.45, 2.75) is 31.7 Å². The molecular weight excluding hydrogens is 328 g/mol. The third-order valence-corrected chi connectivity index (χ3v) is 5.16. The van der Waals surface area contributed by atoms with Crippen LogP contribution in [0.4, 0.5) is 11.6 Å². The lowest BCUT2D eigenvalue weighted by Gasteiger charge is -2.35. The Morgan fingerprint density at radius 2 is 1.69 bits per heavy atom. The lowest BCUT2D eigenvalue weighted by molar-refractivity contribution is 0.0937. The van der Waals surface area contributed by atoms with Crippen molar-refractivity contribution in [2.75, 3.05) is 36.0 Å². The summed E-state index contributed by atoms with van der Waals surface area (Å²) in [6.45, 7) is 3.41. The van der Waals surface area contributed by atoms with Crippen LogP contribution in [0.15, 0.2) is 36.9 Å². The van der Waals surface area contributed by atoms with E-state index in [9.17, 15) is 4.79 Å². The lowest BCUT2D eigenvalue weighted by Crippen LogP contribution is -2.47. The van der Waals surface area contributed by atoms with Gasteiger partial charge in [-0.2, -0.15) is 0 Å². The molecule has 2 aromatic heterocycles.